The summed E-state index contributed by atoms with van der Waals surface area (Å²) in [4.78, 5) is 0. The van der Waals surface area contributed by atoms with E-state index in [1.54, 1.807) is 36.4 Å². The summed E-state index contributed by atoms with van der Waals surface area (Å²) >= 11 is 0. The van der Waals surface area contributed by atoms with E-state index in [4.69, 9.17) is 0 Å². The number of aryl methyl sites for hydroxylation is 1. The van der Waals surface area contributed by atoms with Crippen LogP contribution >= 0.6 is 0 Å². The Hall–Kier alpha value is -2.88. The second kappa shape index (κ2) is 9.32. The normalized spacial score (nSPS) is 16.2. The van der Waals surface area contributed by atoms with Crippen LogP contribution in [0.2, 0.25) is 0 Å². The zero-order valence-electron chi connectivity index (χ0n) is 18.3. The number of rotatable bonds is 5. The summed E-state index contributed by atoms with van der Waals surface area (Å²) < 4.78 is 58.1. The lowest BCUT2D eigenvalue weighted by Crippen LogP contribution is -2.06. The lowest BCUT2D eigenvalue weighted by atomic mass is 9.84. The van der Waals surface area contributed by atoms with Gasteiger partial charge in [0, 0.05) is 16.7 Å². The van der Waals surface area contributed by atoms with Crippen LogP contribution in [-0.2, 0) is 0 Å². The molecule has 1 aliphatic carbocycles. The first-order chi connectivity index (χ1) is 15.4. The summed E-state index contributed by atoms with van der Waals surface area (Å²) in [5.41, 5.74) is 2.65. The van der Waals surface area contributed by atoms with Crippen molar-refractivity contribution in [1.82, 2.24) is 0 Å². The Balaban J connectivity index is 1.61. The molecule has 0 heterocycles. The molecule has 3 aromatic carbocycles. The highest BCUT2D eigenvalue weighted by Gasteiger charge is 2.21. The average molecular weight is 439 g/mol. The van der Waals surface area contributed by atoms with Gasteiger partial charge in [-0.2, -0.15) is 0 Å². The first kappa shape index (κ1) is 22.3. The highest BCUT2D eigenvalue weighted by Crippen LogP contribution is 2.36. The Morgan fingerprint density at radius 3 is 1.81 bits per heavy atom. The zero-order valence-corrected chi connectivity index (χ0v) is 18.3. The molecule has 0 fully saturated rings. The van der Waals surface area contributed by atoms with Gasteiger partial charge in [-0.15, -0.1) is 0 Å². The molecule has 0 aliphatic heterocycles. The number of allylic oxidation sites excluding steroid dienone is 2. The van der Waals surface area contributed by atoms with Crippen LogP contribution in [-0.4, -0.2) is 0 Å². The third-order valence-corrected chi connectivity index (χ3v) is 6.43. The first-order valence-electron chi connectivity index (χ1n) is 11.1. The van der Waals surface area contributed by atoms with Crippen LogP contribution < -0.4 is 0 Å². The van der Waals surface area contributed by atoms with E-state index in [9.17, 15) is 17.6 Å². The van der Waals surface area contributed by atoms with Crippen molar-refractivity contribution in [3.8, 4) is 22.3 Å². The van der Waals surface area contributed by atoms with Crippen LogP contribution in [0.5, 0.6) is 0 Å². The van der Waals surface area contributed by atoms with E-state index in [0.29, 0.717) is 22.6 Å². The van der Waals surface area contributed by atoms with Gasteiger partial charge < -0.3 is 0 Å². The number of benzene rings is 3. The molecule has 3 aromatic rings. The van der Waals surface area contributed by atoms with Crippen molar-refractivity contribution in [3.05, 3.63) is 89.0 Å². The van der Waals surface area contributed by atoms with E-state index >= 15 is 0 Å². The van der Waals surface area contributed by atoms with Gasteiger partial charge in [0.05, 0.1) is 0 Å². The molecule has 166 valence electrons. The summed E-state index contributed by atoms with van der Waals surface area (Å²) in [7, 11) is 0. The molecule has 0 amide bonds. The molecule has 0 aromatic heterocycles. The molecule has 4 heteroatoms. The van der Waals surface area contributed by atoms with Gasteiger partial charge in [0.2, 0.25) is 0 Å². The van der Waals surface area contributed by atoms with Crippen molar-refractivity contribution < 1.29 is 17.6 Å². The van der Waals surface area contributed by atoms with E-state index in [1.165, 1.54) is 19.1 Å². The number of halogens is 4. The van der Waals surface area contributed by atoms with E-state index < -0.39 is 23.3 Å². The minimum atomic E-state index is -0.915. The molecular formula is C28H26F4. The van der Waals surface area contributed by atoms with Gasteiger partial charge >= 0.3 is 0 Å². The SMILES string of the molecule is CCCC1CC=C(c2ccc(-c3ccc(-c4ccc(C)c(F)c4F)cc3)c(F)c2F)CC1. The summed E-state index contributed by atoms with van der Waals surface area (Å²) in [5, 5.41) is 0. The van der Waals surface area contributed by atoms with Crippen LogP contribution in [0.1, 0.15) is 50.2 Å². The molecule has 0 radical (unpaired) electrons. The van der Waals surface area contributed by atoms with Crippen LogP contribution in [0.25, 0.3) is 27.8 Å². The molecule has 1 aliphatic rings. The van der Waals surface area contributed by atoms with E-state index in [-0.39, 0.29) is 16.7 Å². The van der Waals surface area contributed by atoms with Gasteiger partial charge in [0.1, 0.15) is 0 Å². The minimum absolute atomic E-state index is 0.132. The van der Waals surface area contributed by atoms with Crippen molar-refractivity contribution in [1.29, 1.82) is 0 Å². The van der Waals surface area contributed by atoms with Crippen molar-refractivity contribution in [3.63, 3.8) is 0 Å². The van der Waals surface area contributed by atoms with Crippen LogP contribution in [0.3, 0.4) is 0 Å². The zero-order chi connectivity index (χ0) is 22.8. The Bertz CT molecular complexity index is 1160. The van der Waals surface area contributed by atoms with Crippen LogP contribution in [0, 0.1) is 36.1 Å². The molecule has 0 nitrogen and oxygen atoms in total. The smallest absolute Gasteiger partial charge is 0.167 e. The molecule has 0 saturated heterocycles. The van der Waals surface area contributed by atoms with Crippen molar-refractivity contribution in [2.75, 3.05) is 0 Å². The van der Waals surface area contributed by atoms with Crippen LogP contribution in [0.4, 0.5) is 17.6 Å². The van der Waals surface area contributed by atoms with Gasteiger partial charge in [-0.1, -0.05) is 74.4 Å². The standard InChI is InChI=1S/C28H26F4/c1-3-4-18-6-8-19(9-7-18)23-15-16-24(28(32)27(23)31)21-12-10-20(11-13-21)22-14-5-17(2)25(29)26(22)30/h5,8,10-16,18H,3-4,6-7,9H2,1-2H3. The Kier molecular flexibility index (Phi) is 6.50. The molecule has 4 rings (SSSR count). The largest absolute Gasteiger partial charge is 0.203 e. The summed E-state index contributed by atoms with van der Waals surface area (Å²) in [6.07, 6.45) is 7.01. The Morgan fingerprint density at radius 2 is 1.25 bits per heavy atom. The van der Waals surface area contributed by atoms with Gasteiger partial charge in [-0.05, 0) is 54.4 Å². The van der Waals surface area contributed by atoms with Crippen LogP contribution in [0.15, 0.2) is 54.6 Å². The van der Waals surface area contributed by atoms with E-state index in [0.717, 1.165) is 37.7 Å². The quantitative estimate of drug-likeness (QED) is 0.349. The molecule has 0 spiro atoms. The topological polar surface area (TPSA) is 0 Å². The number of hydrogen-bond donors (Lipinski definition) is 0. The van der Waals surface area contributed by atoms with Crippen molar-refractivity contribution in [2.45, 2.75) is 46.0 Å². The van der Waals surface area contributed by atoms with Gasteiger partial charge in [-0.3, -0.25) is 0 Å². The van der Waals surface area contributed by atoms with Gasteiger partial charge in [0.15, 0.2) is 23.3 Å². The van der Waals surface area contributed by atoms with Gasteiger partial charge in [-0.25, -0.2) is 17.6 Å². The Morgan fingerprint density at radius 1 is 0.719 bits per heavy atom. The third kappa shape index (κ3) is 4.23. The highest BCUT2D eigenvalue weighted by atomic mass is 19.2. The average Bonchev–Trinajstić information content (AvgIpc) is 2.81. The lowest BCUT2D eigenvalue weighted by molar-refractivity contribution is 0.443. The highest BCUT2D eigenvalue weighted by molar-refractivity contribution is 5.74. The molecule has 1 atom stereocenters. The predicted molar refractivity (Wildman–Crippen MR) is 122 cm³/mol. The molecule has 0 saturated carbocycles. The first-order valence-corrected chi connectivity index (χ1v) is 11.1. The maximum Gasteiger partial charge on any atom is 0.167 e. The predicted octanol–water partition coefficient (Wildman–Crippen LogP) is 8.87. The molecule has 0 N–H and O–H groups in total. The van der Waals surface area contributed by atoms with Crippen molar-refractivity contribution in [2.24, 2.45) is 5.92 Å². The van der Waals surface area contributed by atoms with E-state index in [2.05, 4.69) is 6.92 Å². The van der Waals surface area contributed by atoms with E-state index in [1.807, 2.05) is 6.08 Å². The third-order valence-electron chi connectivity index (χ3n) is 6.43. The van der Waals surface area contributed by atoms with Crippen molar-refractivity contribution >= 4 is 5.57 Å². The summed E-state index contributed by atoms with van der Waals surface area (Å²) in [5.74, 6) is -2.89. The minimum Gasteiger partial charge on any atom is -0.203 e. The molecule has 1 unspecified atom stereocenters. The molecule has 0 bridgehead atoms. The monoisotopic (exact) mass is 438 g/mol. The lowest BCUT2D eigenvalue weighted by Gasteiger charge is -2.22. The molecule has 32 heavy (non-hydrogen) atoms. The number of hydrogen-bond acceptors (Lipinski definition) is 0. The Labute approximate surface area is 186 Å². The summed E-state index contributed by atoms with van der Waals surface area (Å²) in [6, 6.07) is 12.6. The maximum atomic E-state index is 15.0. The summed E-state index contributed by atoms with van der Waals surface area (Å²) in [6.45, 7) is 3.66. The fourth-order valence-corrected chi connectivity index (χ4v) is 4.52. The maximum absolute atomic E-state index is 15.0. The fourth-order valence-electron chi connectivity index (χ4n) is 4.52. The second-order valence-electron chi connectivity index (χ2n) is 8.58. The fraction of sp³-hybridized carbons (Fsp3) is 0.286. The van der Waals surface area contributed by atoms with Gasteiger partial charge in [0.25, 0.3) is 0 Å². The molecular weight excluding hydrogens is 412 g/mol. The second-order valence-corrected chi connectivity index (χ2v) is 8.58.